The lowest BCUT2D eigenvalue weighted by Gasteiger charge is -2.06. The Morgan fingerprint density at radius 2 is 1.00 bits per heavy atom. The molecule has 0 aliphatic heterocycles. The third-order valence-electron chi connectivity index (χ3n) is 2.99. The predicted molar refractivity (Wildman–Crippen MR) is 75.1 cm³/mol. The second-order valence-corrected chi connectivity index (χ2v) is 4.90. The quantitative estimate of drug-likeness (QED) is 0.589. The van der Waals surface area contributed by atoms with E-state index in [1.807, 2.05) is 10.8 Å². The fraction of sp³-hybridized carbons (Fsp3) is 0. The van der Waals surface area contributed by atoms with Crippen LogP contribution < -0.4 is 0 Å². The average Bonchev–Trinajstić information content (AvgIpc) is 2.89. The van der Waals surface area contributed by atoms with Crippen molar-refractivity contribution >= 4 is 11.3 Å². The maximum Gasteiger partial charge on any atom is 0.131 e. The first-order valence-corrected chi connectivity index (χ1v) is 6.77. The van der Waals surface area contributed by atoms with Crippen molar-refractivity contribution in [2.45, 2.75) is 0 Å². The first-order valence-electron chi connectivity index (χ1n) is 5.83. The van der Waals surface area contributed by atoms with Crippen molar-refractivity contribution in [3.63, 3.8) is 0 Å². The SMILES string of the molecule is Fc1ccccc1-c1cscc1-c1ccccc1F. The second-order valence-electron chi connectivity index (χ2n) is 4.16. The first-order chi connectivity index (χ1) is 9.27. The van der Waals surface area contributed by atoms with Crippen LogP contribution in [0.25, 0.3) is 22.3 Å². The molecule has 0 spiro atoms. The smallest absolute Gasteiger partial charge is 0.131 e. The van der Waals surface area contributed by atoms with Gasteiger partial charge in [-0.25, -0.2) is 8.78 Å². The molecule has 0 nitrogen and oxygen atoms in total. The van der Waals surface area contributed by atoms with Crippen LogP contribution >= 0.6 is 11.3 Å². The summed E-state index contributed by atoms with van der Waals surface area (Å²) in [5.74, 6) is -0.586. The third-order valence-corrected chi connectivity index (χ3v) is 3.73. The van der Waals surface area contributed by atoms with Gasteiger partial charge in [0.2, 0.25) is 0 Å². The van der Waals surface area contributed by atoms with Crippen LogP contribution in [0.2, 0.25) is 0 Å². The third kappa shape index (κ3) is 2.17. The second kappa shape index (κ2) is 4.94. The van der Waals surface area contributed by atoms with Crippen molar-refractivity contribution in [1.82, 2.24) is 0 Å². The van der Waals surface area contributed by atoms with Crippen LogP contribution in [0.3, 0.4) is 0 Å². The average molecular weight is 272 g/mol. The van der Waals surface area contributed by atoms with Crippen molar-refractivity contribution in [1.29, 1.82) is 0 Å². The van der Waals surface area contributed by atoms with E-state index in [9.17, 15) is 8.78 Å². The highest BCUT2D eigenvalue weighted by Crippen LogP contribution is 2.37. The molecule has 94 valence electrons. The molecule has 1 aromatic heterocycles. The number of halogens is 2. The molecule has 0 atom stereocenters. The summed E-state index contributed by atoms with van der Waals surface area (Å²) < 4.78 is 27.7. The lowest BCUT2D eigenvalue weighted by Crippen LogP contribution is -1.87. The zero-order valence-electron chi connectivity index (χ0n) is 9.94. The summed E-state index contributed by atoms with van der Waals surface area (Å²) >= 11 is 1.44. The lowest BCUT2D eigenvalue weighted by atomic mass is 9.98. The molecule has 0 saturated heterocycles. The van der Waals surface area contributed by atoms with Gasteiger partial charge in [0.05, 0.1) is 0 Å². The molecular weight excluding hydrogens is 262 g/mol. The molecule has 0 saturated carbocycles. The molecule has 3 heteroatoms. The fourth-order valence-corrected chi connectivity index (χ4v) is 2.92. The molecular formula is C16H10F2S. The van der Waals surface area contributed by atoms with E-state index in [0.717, 1.165) is 11.1 Å². The van der Waals surface area contributed by atoms with Crippen molar-refractivity contribution in [3.8, 4) is 22.3 Å². The van der Waals surface area contributed by atoms with E-state index in [4.69, 9.17) is 0 Å². The molecule has 0 radical (unpaired) electrons. The van der Waals surface area contributed by atoms with E-state index < -0.39 is 0 Å². The van der Waals surface area contributed by atoms with Crippen LogP contribution in [0, 0.1) is 11.6 Å². The maximum absolute atomic E-state index is 13.9. The van der Waals surface area contributed by atoms with Gasteiger partial charge in [-0.05, 0) is 22.9 Å². The van der Waals surface area contributed by atoms with Gasteiger partial charge in [0.25, 0.3) is 0 Å². The normalized spacial score (nSPS) is 10.6. The van der Waals surface area contributed by atoms with Crippen LogP contribution in [-0.2, 0) is 0 Å². The minimum Gasteiger partial charge on any atom is -0.206 e. The largest absolute Gasteiger partial charge is 0.206 e. The number of thiophene rings is 1. The van der Waals surface area contributed by atoms with E-state index >= 15 is 0 Å². The Hall–Kier alpha value is -2.00. The molecule has 3 rings (SSSR count). The monoisotopic (exact) mass is 272 g/mol. The van der Waals surface area contributed by atoms with Crippen LogP contribution in [0.5, 0.6) is 0 Å². The molecule has 3 aromatic rings. The summed E-state index contributed by atoms with van der Waals surface area (Å²) in [4.78, 5) is 0. The topological polar surface area (TPSA) is 0 Å². The van der Waals surface area contributed by atoms with Gasteiger partial charge >= 0.3 is 0 Å². The zero-order chi connectivity index (χ0) is 13.2. The molecule has 0 amide bonds. The fourth-order valence-electron chi connectivity index (χ4n) is 2.07. The molecule has 19 heavy (non-hydrogen) atoms. The molecule has 0 fully saturated rings. The Morgan fingerprint density at radius 3 is 1.42 bits per heavy atom. The highest BCUT2D eigenvalue weighted by molar-refractivity contribution is 7.08. The number of rotatable bonds is 2. The van der Waals surface area contributed by atoms with Gasteiger partial charge in [0.15, 0.2) is 0 Å². The summed E-state index contributed by atoms with van der Waals surface area (Å²) in [5, 5.41) is 3.69. The molecule has 0 aliphatic carbocycles. The number of hydrogen-bond acceptors (Lipinski definition) is 1. The van der Waals surface area contributed by atoms with E-state index in [2.05, 4.69) is 0 Å². The number of benzene rings is 2. The summed E-state index contributed by atoms with van der Waals surface area (Å²) in [6.07, 6.45) is 0. The summed E-state index contributed by atoms with van der Waals surface area (Å²) in [6.45, 7) is 0. The standard InChI is InChI=1S/C16H10F2S/c17-15-7-3-1-5-11(15)13-9-19-10-14(13)12-6-2-4-8-16(12)18/h1-10H. The Bertz CT molecular complexity index is 656. The maximum atomic E-state index is 13.9. The molecule has 0 bridgehead atoms. The van der Waals surface area contributed by atoms with Crippen LogP contribution in [0.4, 0.5) is 8.78 Å². The van der Waals surface area contributed by atoms with E-state index in [1.54, 1.807) is 36.4 Å². The van der Waals surface area contributed by atoms with Gasteiger partial charge in [-0.15, -0.1) is 0 Å². The van der Waals surface area contributed by atoms with Crippen molar-refractivity contribution in [3.05, 3.63) is 70.9 Å². The van der Waals surface area contributed by atoms with Crippen LogP contribution in [-0.4, -0.2) is 0 Å². The minimum atomic E-state index is -0.293. The molecule has 1 heterocycles. The minimum absolute atomic E-state index is 0.293. The molecule has 0 N–H and O–H groups in total. The first kappa shape index (κ1) is 12.1. The van der Waals surface area contributed by atoms with E-state index in [0.29, 0.717) is 11.1 Å². The summed E-state index contributed by atoms with van der Waals surface area (Å²) in [6, 6.07) is 13.1. The van der Waals surface area contributed by atoms with Gasteiger partial charge in [-0.1, -0.05) is 36.4 Å². The van der Waals surface area contributed by atoms with Crippen molar-refractivity contribution in [2.75, 3.05) is 0 Å². The Kier molecular flexibility index (Phi) is 3.13. The lowest BCUT2D eigenvalue weighted by molar-refractivity contribution is 0.629. The zero-order valence-corrected chi connectivity index (χ0v) is 10.8. The summed E-state index contributed by atoms with van der Waals surface area (Å²) in [5.41, 5.74) is 2.46. The Balaban J connectivity index is 2.20. The van der Waals surface area contributed by atoms with E-state index in [-0.39, 0.29) is 11.6 Å². The molecule has 2 aromatic carbocycles. The van der Waals surface area contributed by atoms with Gasteiger partial charge in [0, 0.05) is 22.3 Å². The van der Waals surface area contributed by atoms with Gasteiger partial charge in [-0.3, -0.25) is 0 Å². The van der Waals surface area contributed by atoms with Gasteiger partial charge < -0.3 is 0 Å². The van der Waals surface area contributed by atoms with Crippen LogP contribution in [0.15, 0.2) is 59.3 Å². The van der Waals surface area contributed by atoms with Crippen molar-refractivity contribution in [2.24, 2.45) is 0 Å². The highest BCUT2D eigenvalue weighted by atomic mass is 32.1. The van der Waals surface area contributed by atoms with E-state index in [1.165, 1.54) is 23.5 Å². The number of hydrogen-bond donors (Lipinski definition) is 0. The summed E-state index contributed by atoms with van der Waals surface area (Å²) in [7, 11) is 0. The Labute approximate surface area is 114 Å². The molecule has 0 unspecified atom stereocenters. The Morgan fingerprint density at radius 1 is 0.579 bits per heavy atom. The van der Waals surface area contributed by atoms with Gasteiger partial charge in [0.1, 0.15) is 11.6 Å². The van der Waals surface area contributed by atoms with Gasteiger partial charge in [-0.2, -0.15) is 11.3 Å². The van der Waals surface area contributed by atoms with Crippen molar-refractivity contribution < 1.29 is 8.78 Å². The predicted octanol–water partition coefficient (Wildman–Crippen LogP) is 5.36. The highest BCUT2D eigenvalue weighted by Gasteiger charge is 2.14. The molecule has 0 aliphatic rings. The van der Waals surface area contributed by atoms with Crippen LogP contribution in [0.1, 0.15) is 0 Å².